The molecule has 3 aromatic rings. The van der Waals surface area contributed by atoms with Crippen molar-refractivity contribution in [3.05, 3.63) is 60.8 Å². The molecule has 5 nitrogen and oxygen atoms in total. The highest BCUT2D eigenvalue weighted by atomic mass is 16.2. The van der Waals surface area contributed by atoms with E-state index in [-0.39, 0.29) is 11.8 Å². The number of aromatic nitrogens is 1. The largest absolute Gasteiger partial charge is 0.371 e. The van der Waals surface area contributed by atoms with Gasteiger partial charge in [0.2, 0.25) is 5.91 Å². The van der Waals surface area contributed by atoms with Crippen molar-refractivity contribution >= 4 is 28.2 Å². The predicted molar refractivity (Wildman–Crippen MR) is 123 cm³/mol. The third-order valence-electron chi connectivity index (χ3n) is 6.39. The van der Waals surface area contributed by atoms with Crippen LogP contribution in [-0.4, -0.2) is 36.2 Å². The van der Waals surface area contributed by atoms with Gasteiger partial charge in [0.05, 0.1) is 0 Å². The number of carbonyl (C=O) groups is 1. The van der Waals surface area contributed by atoms with E-state index in [0.717, 1.165) is 57.5 Å². The van der Waals surface area contributed by atoms with Crippen LogP contribution < -0.4 is 15.5 Å². The van der Waals surface area contributed by atoms with Crippen LogP contribution in [-0.2, 0) is 11.3 Å². The average Bonchev–Trinajstić information content (AvgIpc) is 3.56. The number of rotatable bonds is 7. The van der Waals surface area contributed by atoms with Gasteiger partial charge in [-0.25, -0.2) is 0 Å². The number of hydrogen-bond donors (Lipinski definition) is 2. The number of carbonyl (C=O) groups excluding carboxylic acids is 1. The quantitative estimate of drug-likeness (QED) is 0.621. The fraction of sp³-hybridized carbons (Fsp3) is 0.400. The molecule has 30 heavy (non-hydrogen) atoms. The molecule has 1 aromatic heterocycles. The molecule has 1 aliphatic carbocycles. The van der Waals surface area contributed by atoms with Gasteiger partial charge < -0.3 is 20.1 Å². The number of para-hydroxylation sites is 1. The first kappa shape index (κ1) is 19.2. The molecule has 156 valence electrons. The summed E-state index contributed by atoms with van der Waals surface area (Å²) in [6.07, 6.45) is 6.54. The Morgan fingerprint density at radius 3 is 2.63 bits per heavy atom. The summed E-state index contributed by atoms with van der Waals surface area (Å²) in [6, 6.07) is 19.6. The maximum absolute atomic E-state index is 12.0. The number of hydrogen-bond acceptors (Lipinski definition) is 3. The fourth-order valence-electron chi connectivity index (χ4n) is 4.44. The zero-order valence-electron chi connectivity index (χ0n) is 17.4. The molecule has 1 saturated heterocycles. The van der Waals surface area contributed by atoms with E-state index in [4.69, 9.17) is 0 Å². The van der Waals surface area contributed by atoms with Crippen molar-refractivity contribution < 1.29 is 4.79 Å². The van der Waals surface area contributed by atoms with Crippen LogP contribution in [0.2, 0.25) is 0 Å². The van der Waals surface area contributed by atoms with Crippen molar-refractivity contribution in [1.29, 1.82) is 0 Å². The summed E-state index contributed by atoms with van der Waals surface area (Å²) in [5, 5.41) is 8.12. The lowest BCUT2D eigenvalue weighted by Crippen LogP contribution is -2.43. The Morgan fingerprint density at radius 2 is 1.80 bits per heavy atom. The second-order valence-electron chi connectivity index (χ2n) is 8.60. The predicted octanol–water partition coefficient (Wildman–Crippen LogP) is 4.25. The van der Waals surface area contributed by atoms with Gasteiger partial charge in [0.25, 0.3) is 0 Å². The van der Waals surface area contributed by atoms with Gasteiger partial charge in [0.15, 0.2) is 0 Å². The van der Waals surface area contributed by atoms with Crippen LogP contribution in [0.3, 0.4) is 0 Å². The van der Waals surface area contributed by atoms with E-state index in [2.05, 4.69) is 68.8 Å². The summed E-state index contributed by atoms with van der Waals surface area (Å²) in [5.41, 5.74) is 3.44. The molecule has 5 rings (SSSR count). The van der Waals surface area contributed by atoms with Crippen LogP contribution in [0.1, 0.15) is 25.7 Å². The second kappa shape index (κ2) is 8.52. The number of benzene rings is 2. The van der Waals surface area contributed by atoms with Crippen LogP contribution in [0.5, 0.6) is 0 Å². The molecule has 0 bridgehead atoms. The molecular formula is C25H30N4O. The van der Waals surface area contributed by atoms with Gasteiger partial charge in [-0.05, 0) is 61.4 Å². The number of fused-ring (bicyclic) bond motifs is 1. The van der Waals surface area contributed by atoms with Gasteiger partial charge in [-0.3, -0.25) is 4.79 Å². The van der Waals surface area contributed by atoms with E-state index in [0.29, 0.717) is 6.04 Å². The standard InChI is InChI=1S/C25H30N4O/c30-25(20-8-9-20)27-22-5-3-6-23(18-22)28-15-11-21(12-16-28)26-13-17-29-14-10-19-4-1-2-7-24(19)29/h1-7,10,14,18,20-21,26H,8-9,11-13,15-17H2,(H,27,30). The SMILES string of the molecule is O=C(Nc1cccc(N2CCC(NCCn3ccc4ccccc43)CC2)c1)C1CC1. The second-order valence-corrected chi connectivity index (χ2v) is 8.60. The molecule has 5 heteroatoms. The zero-order valence-corrected chi connectivity index (χ0v) is 17.4. The molecule has 0 spiro atoms. The third kappa shape index (κ3) is 4.36. The van der Waals surface area contributed by atoms with Crippen LogP contribution >= 0.6 is 0 Å². The maximum Gasteiger partial charge on any atom is 0.227 e. The number of nitrogens with one attached hydrogen (secondary N) is 2. The Labute approximate surface area is 178 Å². The Hall–Kier alpha value is -2.79. The van der Waals surface area contributed by atoms with E-state index in [1.54, 1.807) is 0 Å². The molecule has 1 saturated carbocycles. The van der Waals surface area contributed by atoms with Gasteiger partial charge in [0, 0.05) is 61.2 Å². The summed E-state index contributed by atoms with van der Waals surface area (Å²) in [5.74, 6) is 0.408. The Kier molecular flexibility index (Phi) is 5.45. The lowest BCUT2D eigenvalue weighted by atomic mass is 10.0. The van der Waals surface area contributed by atoms with E-state index >= 15 is 0 Å². The Morgan fingerprint density at radius 1 is 0.967 bits per heavy atom. The number of amides is 1. The van der Waals surface area contributed by atoms with Gasteiger partial charge in [-0.2, -0.15) is 0 Å². The monoisotopic (exact) mass is 402 g/mol. The molecule has 2 heterocycles. The lowest BCUT2D eigenvalue weighted by Gasteiger charge is -2.34. The molecule has 2 fully saturated rings. The minimum Gasteiger partial charge on any atom is -0.371 e. The summed E-state index contributed by atoms with van der Waals surface area (Å²) >= 11 is 0. The van der Waals surface area contributed by atoms with Gasteiger partial charge >= 0.3 is 0 Å². The summed E-state index contributed by atoms with van der Waals surface area (Å²) in [4.78, 5) is 14.5. The van der Waals surface area contributed by atoms with Crippen molar-refractivity contribution in [2.75, 3.05) is 29.9 Å². The van der Waals surface area contributed by atoms with Gasteiger partial charge in [-0.1, -0.05) is 24.3 Å². The average molecular weight is 403 g/mol. The molecule has 2 aliphatic rings. The van der Waals surface area contributed by atoms with Crippen molar-refractivity contribution in [1.82, 2.24) is 9.88 Å². The highest BCUT2D eigenvalue weighted by Gasteiger charge is 2.29. The summed E-state index contributed by atoms with van der Waals surface area (Å²) < 4.78 is 2.33. The normalized spacial score (nSPS) is 17.4. The maximum atomic E-state index is 12.0. The smallest absolute Gasteiger partial charge is 0.227 e. The van der Waals surface area contributed by atoms with E-state index < -0.39 is 0 Å². The Balaban J connectivity index is 1.10. The molecule has 1 amide bonds. The van der Waals surface area contributed by atoms with Crippen molar-refractivity contribution in [2.45, 2.75) is 38.3 Å². The van der Waals surface area contributed by atoms with Gasteiger partial charge in [-0.15, -0.1) is 0 Å². The van der Waals surface area contributed by atoms with Crippen LogP contribution in [0.4, 0.5) is 11.4 Å². The molecule has 1 aliphatic heterocycles. The van der Waals surface area contributed by atoms with Crippen molar-refractivity contribution in [3.63, 3.8) is 0 Å². The number of nitrogens with zero attached hydrogens (tertiary/aromatic N) is 2. The van der Waals surface area contributed by atoms with Crippen LogP contribution in [0, 0.1) is 5.92 Å². The van der Waals surface area contributed by atoms with Crippen molar-refractivity contribution in [3.8, 4) is 0 Å². The first-order chi connectivity index (χ1) is 14.8. The highest BCUT2D eigenvalue weighted by molar-refractivity contribution is 5.94. The van der Waals surface area contributed by atoms with E-state index in [1.165, 1.54) is 16.6 Å². The number of piperidine rings is 1. The molecule has 2 aromatic carbocycles. The minimum absolute atomic E-state index is 0.172. The highest BCUT2D eigenvalue weighted by Crippen LogP contribution is 2.31. The van der Waals surface area contributed by atoms with Crippen molar-refractivity contribution in [2.24, 2.45) is 5.92 Å². The summed E-state index contributed by atoms with van der Waals surface area (Å²) in [6.45, 7) is 4.08. The topological polar surface area (TPSA) is 49.3 Å². The molecule has 0 atom stereocenters. The third-order valence-corrected chi connectivity index (χ3v) is 6.39. The molecular weight excluding hydrogens is 372 g/mol. The first-order valence-corrected chi connectivity index (χ1v) is 11.2. The van der Waals surface area contributed by atoms with Crippen LogP contribution in [0.15, 0.2) is 60.8 Å². The van der Waals surface area contributed by atoms with E-state index in [1.807, 2.05) is 12.1 Å². The minimum atomic E-state index is 0.172. The van der Waals surface area contributed by atoms with Crippen LogP contribution in [0.25, 0.3) is 10.9 Å². The number of anilines is 2. The summed E-state index contributed by atoms with van der Waals surface area (Å²) in [7, 11) is 0. The first-order valence-electron chi connectivity index (χ1n) is 11.2. The van der Waals surface area contributed by atoms with Gasteiger partial charge in [0.1, 0.15) is 0 Å². The zero-order chi connectivity index (χ0) is 20.3. The molecule has 0 radical (unpaired) electrons. The molecule has 2 N–H and O–H groups in total. The lowest BCUT2D eigenvalue weighted by molar-refractivity contribution is -0.117. The molecule has 0 unspecified atom stereocenters. The Bertz CT molecular complexity index is 1010. The van der Waals surface area contributed by atoms with E-state index in [9.17, 15) is 4.79 Å². The fourth-order valence-corrected chi connectivity index (χ4v) is 4.44.